The molecule has 2 aromatic carbocycles. The molecule has 0 saturated carbocycles. The van der Waals surface area contributed by atoms with Crippen LogP contribution in [0.1, 0.15) is 39.8 Å². The van der Waals surface area contributed by atoms with E-state index in [2.05, 4.69) is 0 Å². The highest BCUT2D eigenvalue weighted by molar-refractivity contribution is 6.08. The average molecular weight is 321 g/mol. The lowest BCUT2D eigenvalue weighted by Crippen LogP contribution is -2.14. The van der Waals surface area contributed by atoms with E-state index in [1.807, 2.05) is 37.3 Å². The zero-order valence-electron chi connectivity index (χ0n) is 13.8. The van der Waals surface area contributed by atoms with E-state index in [0.29, 0.717) is 29.2 Å². The maximum atomic E-state index is 13.0. The van der Waals surface area contributed by atoms with E-state index in [0.717, 1.165) is 23.6 Å². The molecule has 0 amide bonds. The van der Waals surface area contributed by atoms with Crippen LogP contribution in [0.2, 0.25) is 0 Å². The van der Waals surface area contributed by atoms with Crippen molar-refractivity contribution in [1.82, 2.24) is 4.57 Å². The first-order valence-electron chi connectivity index (χ1n) is 8.00. The topological polar surface area (TPSA) is 48.3 Å². The summed E-state index contributed by atoms with van der Waals surface area (Å²) in [5.74, 6) is 0.506. The summed E-state index contributed by atoms with van der Waals surface area (Å²) in [6.07, 6.45) is 1.71. The molecule has 0 bridgehead atoms. The molecule has 0 fully saturated rings. The molecule has 0 aliphatic heterocycles. The van der Waals surface area contributed by atoms with Gasteiger partial charge in [-0.05, 0) is 37.6 Å². The van der Waals surface area contributed by atoms with Crippen LogP contribution >= 0.6 is 0 Å². The van der Waals surface area contributed by atoms with Crippen LogP contribution in [0, 0.1) is 6.92 Å². The fraction of sp³-hybridized carbons (Fsp3) is 0.200. The third-order valence-corrected chi connectivity index (χ3v) is 4.04. The Hall–Kier alpha value is -2.88. The van der Waals surface area contributed by atoms with E-state index in [4.69, 9.17) is 4.74 Å². The molecule has 3 rings (SSSR count). The monoisotopic (exact) mass is 321 g/mol. The number of hydrogen-bond acceptors (Lipinski definition) is 3. The van der Waals surface area contributed by atoms with E-state index < -0.39 is 0 Å². The molecule has 0 N–H and O–H groups in total. The fourth-order valence-electron chi connectivity index (χ4n) is 2.87. The molecule has 0 aliphatic rings. The van der Waals surface area contributed by atoms with Gasteiger partial charge in [0.15, 0.2) is 6.29 Å². The smallest absolute Gasteiger partial charge is 0.262 e. The maximum absolute atomic E-state index is 13.0. The van der Waals surface area contributed by atoms with Gasteiger partial charge >= 0.3 is 0 Å². The molecule has 1 heterocycles. The number of benzene rings is 2. The molecule has 0 saturated heterocycles. The minimum Gasteiger partial charge on any atom is -0.494 e. The van der Waals surface area contributed by atoms with E-state index in [1.54, 1.807) is 29.7 Å². The number of aldehydes is 1. The van der Waals surface area contributed by atoms with Crippen LogP contribution < -0.4 is 4.74 Å². The summed E-state index contributed by atoms with van der Waals surface area (Å²) in [4.78, 5) is 24.5. The summed E-state index contributed by atoms with van der Waals surface area (Å²) in [6.45, 7) is 4.43. The fourth-order valence-corrected chi connectivity index (χ4v) is 2.87. The van der Waals surface area contributed by atoms with Crippen molar-refractivity contribution in [3.63, 3.8) is 0 Å². The highest BCUT2D eigenvalue weighted by atomic mass is 16.5. The predicted octanol–water partition coefficient (Wildman–Crippen LogP) is 4.24. The Kier molecular flexibility index (Phi) is 4.47. The molecule has 0 aliphatic carbocycles. The molecule has 122 valence electrons. The van der Waals surface area contributed by atoms with Crippen molar-refractivity contribution in [2.75, 3.05) is 6.61 Å². The van der Waals surface area contributed by atoms with Crippen molar-refractivity contribution in [3.05, 3.63) is 65.4 Å². The molecule has 1 aromatic heterocycles. The van der Waals surface area contributed by atoms with Crippen LogP contribution in [0.25, 0.3) is 10.9 Å². The maximum Gasteiger partial charge on any atom is 0.262 e. The lowest BCUT2D eigenvalue weighted by molar-refractivity contribution is 0.0962. The molecule has 4 heteroatoms. The van der Waals surface area contributed by atoms with Gasteiger partial charge in [0.05, 0.1) is 12.1 Å². The van der Waals surface area contributed by atoms with Crippen molar-refractivity contribution in [3.8, 4) is 5.75 Å². The van der Waals surface area contributed by atoms with Gasteiger partial charge in [0.2, 0.25) is 0 Å². The summed E-state index contributed by atoms with van der Waals surface area (Å²) in [7, 11) is 0. The molecule has 0 spiro atoms. The van der Waals surface area contributed by atoms with Gasteiger partial charge in [0.1, 0.15) is 5.75 Å². The minimum atomic E-state index is -0.168. The number of ether oxygens (including phenoxy) is 1. The summed E-state index contributed by atoms with van der Waals surface area (Å²) < 4.78 is 7.20. The van der Waals surface area contributed by atoms with Crippen LogP contribution in [0.4, 0.5) is 0 Å². The Morgan fingerprint density at radius 3 is 2.71 bits per heavy atom. The molecule has 3 aromatic rings. The lowest BCUT2D eigenvalue weighted by Gasteiger charge is -2.09. The third kappa shape index (κ3) is 2.71. The third-order valence-electron chi connectivity index (χ3n) is 4.04. The molecule has 0 radical (unpaired) electrons. The van der Waals surface area contributed by atoms with Crippen molar-refractivity contribution in [1.29, 1.82) is 0 Å². The van der Waals surface area contributed by atoms with Crippen LogP contribution in [0.15, 0.2) is 48.5 Å². The van der Waals surface area contributed by atoms with Crippen LogP contribution in [-0.2, 0) is 0 Å². The standard InChI is InChI=1S/C20H19NO3/c1-3-11-24-16-8-6-7-15(12-16)20(23)21-14(2)18(13-22)17-9-4-5-10-19(17)21/h4-10,12-13H,3,11H2,1-2H3. The normalized spacial score (nSPS) is 10.8. The first-order chi connectivity index (χ1) is 11.7. The Labute approximate surface area is 140 Å². The summed E-state index contributed by atoms with van der Waals surface area (Å²) in [5.41, 5.74) is 2.47. The van der Waals surface area contributed by atoms with Crippen LogP contribution in [0.3, 0.4) is 0 Å². The van der Waals surface area contributed by atoms with Crippen LogP contribution in [-0.4, -0.2) is 23.4 Å². The number of aromatic nitrogens is 1. The second kappa shape index (κ2) is 6.71. The van der Waals surface area contributed by atoms with Gasteiger partial charge in [-0.25, -0.2) is 0 Å². The number of carbonyl (C=O) groups is 2. The SMILES string of the molecule is CCCOc1cccc(C(=O)n2c(C)c(C=O)c3ccccc32)c1. The molecule has 0 atom stereocenters. The first-order valence-corrected chi connectivity index (χ1v) is 8.00. The molecular weight excluding hydrogens is 302 g/mol. The molecule has 4 nitrogen and oxygen atoms in total. The predicted molar refractivity (Wildman–Crippen MR) is 94.0 cm³/mol. The van der Waals surface area contributed by atoms with Gasteiger partial charge in [0, 0.05) is 22.2 Å². The summed E-state index contributed by atoms with van der Waals surface area (Å²) >= 11 is 0. The Morgan fingerprint density at radius 2 is 1.96 bits per heavy atom. The molecular formula is C20H19NO3. The molecule has 24 heavy (non-hydrogen) atoms. The average Bonchev–Trinajstić information content (AvgIpc) is 2.90. The van der Waals surface area contributed by atoms with Crippen molar-refractivity contribution >= 4 is 23.1 Å². The molecule has 0 unspecified atom stereocenters. The highest BCUT2D eigenvalue weighted by Crippen LogP contribution is 2.26. The quantitative estimate of drug-likeness (QED) is 0.660. The second-order valence-electron chi connectivity index (χ2n) is 5.65. The Balaban J connectivity index is 2.09. The number of para-hydroxylation sites is 1. The van der Waals surface area contributed by atoms with E-state index in [9.17, 15) is 9.59 Å². The van der Waals surface area contributed by atoms with Gasteiger partial charge in [-0.15, -0.1) is 0 Å². The van der Waals surface area contributed by atoms with Crippen molar-refractivity contribution in [2.45, 2.75) is 20.3 Å². The highest BCUT2D eigenvalue weighted by Gasteiger charge is 2.19. The van der Waals surface area contributed by atoms with E-state index in [1.165, 1.54) is 0 Å². The van der Waals surface area contributed by atoms with Crippen molar-refractivity contribution < 1.29 is 14.3 Å². The van der Waals surface area contributed by atoms with E-state index in [-0.39, 0.29) is 5.91 Å². The first kappa shape index (κ1) is 16.0. The number of nitrogens with zero attached hydrogens (tertiary/aromatic N) is 1. The van der Waals surface area contributed by atoms with Gasteiger partial charge in [-0.2, -0.15) is 0 Å². The van der Waals surface area contributed by atoms with Gasteiger partial charge < -0.3 is 4.74 Å². The Bertz CT molecular complexity index is 908. The van der Waals surface area contributed by atoms with E-state index >= 15 is 0 Å². The van der Waals surface area contributed by atoms with Crippen LogP contribution in [0.5, 0.6) is 5.75 Å². The van der Waals surface area contributed by atoms with Gasteiger partial charge in [-0.1, -0.05) is 31.2 Å². The Morgan fingerprint density at radius 1 is 1.17 bits per heavy atom. The zero-order chi connectivity index (χ0) is 17.1. The largest absolute Gasteiger partial charge is 0.494 e. The lowest BCUT2D eigenvalue weighted by atomic mass is 10.1. The number of fused-ring (bicyclic) bond motifs is 1. The van der Waals surface area contributed by atoms with Gasteiger partial charge in [0.25, 0.3) is 5.91 Å². The summed E-state index contributed by atoms with van der Waals surface area (Å²) in [5, 5.41) is 0.789. The minimum absolute atomic E-state index is 0.168. The number of hydrogen-bond donors (Lipinski definition) is 0. The number of carbonyl (C=O) groups excluding carboxylic acids is 2. The zero-order valence-corrected chi connectivity index (χ0v) is 13.8. The van der Waals surface area contributed by atoms with Crippen molar-refractivity contribution in [2.24, 2.45) is 0 Å². The number of rotatable bonds is 5. The summed E-state index contributed by atoms with van der Waals surface area (Å²) in [6, 6.07) is 14.6. The second-order valence-corrected chi connectivity index (χ2v) is 5.65. The van der Waals surface area contributed by atoms with Gasteiger partial charge in [-0.3, -0.25) is 14.2 Å².